The van der Waals surface area contributed by atoms with Crippen LogP contribution in [0.25, 0.3) is 0 Å². The summed E-state index contributed by atoms with van der Waals surface area (Å²) in [6.45, 7) is 0.790. The van der Waals surface area contributed by atoms with Gasteiger partial charge in [-0.25, -0.2) is 0 Å². The molecule has 0 unspecified atom stereocenters. The highest BCUT2D eigenvalue weighted by atomic mass is 16.6. The molecule has 10 heteroatoms. The zero-order valence-electron chi connectivity index (χ0n) is 19.0. The van der Waals surface area contributed by atoms with Gasteiger partial charge in [0.2, 0.25) is 0 Å². The minimum atomic E-state index is -0.935. The number of hydrogen-bond donors (Lipinski definition) is 1. The van der Waals surface area contributed by atoms with Gasteiger partial charge in [0, 0.05) is 12.1 Å². The van der Waals surface area contributed by atoms with Gasteiger partial charge in [-0.3, -0.25) is 34.2 Å². The van der Waals surface area contributed by atoms with Gasteiger partial charge < -0.3 is 10.1 Å². The fraction of sp³-hybridized carbons (Fsp3) is 0.583. The first-order valence-electron chi connectivity index (χ1n) is 11.8. The smallest absolute Gasteiger partial charge is 0.326 e. The number of nitrogens with zero attached hydrogens (tertiary/aromatic N) is 2. The molecule has 1 aromatic carbocycles. The van der Waals surface area contributed by atoms with Crippen molar-refractivity contribution in [2.45, 2.75) is 51.5 Å². The molecule has 10 nitrogen and oxygen atoms in total. The van der Waals surface area contributed by atoms with Crippen LogP contribution in [0, 0.1) is 33.3 Å². The van der Waals surface area contributed by atoms with E-state index in [0.29, 0.717) is 4.90 Å². The molecule has 0 radical (unpaired) electrons. The Morgan fingerprint density at radius 1 is 1.15 bits per heavy atom. The third-order valence-electron chi connectivity index (χ3n) is 8.21. The van der Waals surface area contributed by atoms with Crippen LogP contribution < -0.4 is 5.32 Å². The highest BCUT2D eigenvalue weighted by molar-refractivity contribution is 6.24. The van der Waals surface area contributed by atoms with Crippen LogP contribution in [-0.2, 0) is 14.3 Å². The largest absolute Gasteiger partial charge is 0.454 e. The molecule has 0 aromatic heterocycles. The molecule has 5 aliphatic rings. The molecular weight excluding hydrogens is 442 g/mol. The number of nitrogens with one attached hydrogen (secondary N) is 1. The van der Waals surface area contributed by atoms with Crippen LogP contribution in [0.5, 0.6) is 0 Å². The number of imide groups is 1. The highest BCUT2D eigenvalue weighted by Crippen LogP contribution is 2.61. The van der Waals surface area contributed by atoms with Gasteiger partial charge in [0.25, 0.3) is 23.4 Å². The van der Waals surface area contributed by atoms with Gasteiger partial charge in [0.15, 0.2) is 6.61 Å². The van der Waals surface area contributed by atoms with Gasteiger partial charge in [0.05, 0.1) is 10.5 Å². The van der Waals surface area contributed by atoms with E-state index in [2.05, 4.69) is 5.32 Å². The maximum Gasteiger partial charge on any atom is 0.326 e. The second-order valence-electron chi connectivity index (χ2n) is 10.4. The van der Waals surface area contributed by atoms with Crippen LogP contribution in [0.15, 0.2) is 18.2 Å². The number of nitro groups is 1. The van der Waals surface area contributed by atoms with Crippen LogP contribution in [0.2, 0.25) is 0 Å². The van der Waals surface area contributed by atoms with Crippen molar-refractivity contribution >= 4 is 29.4 Å². The van der Waals surface area contributed by atoms with Crippen LogP contribution in [0.1, 0.15) is 66.2 Å². The minimum Gasteiger partial charge on any atom is -0.454 e. The van der Waals surface area contributed by atoms with Crippen molar-refractivity contribution in [2.24, 2.45) is 23.2 Å². The van der Waals surface area contributed by atoms with Gasteiger partial charge in [-0.05, 0) is 74.7 Å². The van der Waals surface area contributed by atoms with E-state index in [9.17, 15) is 29.3 Å². The fourth-order valence-electron chi connectivity index (χ4n) is 7.08. The van der Waals surface area contributed by atoms with Crippen LogP contribution in [0.3, 0.4) is 0 Å². The Bertz CT molecular complexity index is 1060. The lowest BCUT2D eigenvalue weighted by atomic mass is 9.48. The number of carbonyl (C=O) groups is 4. The minimum absolute atomic E-state index is 0.0242. The maximum atomic E-state index is 12.6. The summed E-state index contributed by atoms with van der Waals surface area (Å²) in [6.07, 6.45) is 7.31. The first kappa shape index (κ1) is 22.5. The Balaban J connectivity index is 1.15. The summed E-state index contributed by atoms with van der Waals surface area (Å²) < 4.78 is 5.03. The summed E-state index contributed by atoms with van der Waals surface area (Å²) in [4.78, 5) is 60.9. The molecule has 1 N–H and O–H groups in total. The number of fused-ring (bicyclic) bond motifs is 1. The molecular formula is C24H27N3O7. The van der Waals surface area contributed by atoms with E-state index >= 15 is 0 Å². The molecule has 4 aliphatic carbocycles. The lowest BCUT2D eigenvalue weighted by Crippen LogP contribution is -2.56. The molecule has 34 heavy (non-hydrogen) atoms. The monoisotopic (exact) mass is 469 g/mol. The standard InChI is InChI=1S/C24H27N3O7/c1-13(24-8-14-5-15(9-24)7-16(6-14)10-24)25-19(28)12-34-20(29)11-26-22(30)17-3-2-4-18(27(32)33)21(17)23(26)31/h2-4,13-16H,5-12H2,1H3,(H,25,28)/t13-,14?,15?,16?,24?/m1/s1. The molecule has 180 valence electrons. The van der Waals surface area contributed by atoms with Crippen molar-refractivity contribution in [2.75, 3.05) is 13.2 Å². The molecule has 0 spiro atoms. The Morgan fingerprint density at radius 2 is 1.76 bits per heavy atom. The van der Waals surface area contributed by atoms with Crippen molar-refractivity contribution in [1.82, 2.24) is 10.2 Å². The lowest BCUT2D eigenvalue weighted by Gasteiger charge is -2.59. The first-order valence-corrected chi connectivity index (χ1v) is 11.8. The predicted molar refractivity (Wildman–Crippen MR) is 118 cm³/mol. The van der Waals surface area contributed by atoms with Gasteiger partial charge in [-0.2, -0.15) is 0 Å². The fourth-order valence-corrected chi connectivity index (χ4v) is 7.08. The van der Waals surface area contributed by atoms with Crippen molar-refractivity contribution in [3.8, 4) is 0 Å². The molecule has 4 fully saturated rings. The molecule has 0 saturated heterocycles. The average molecular weight is 469 g/mol. The summed E-state index contributed by atoms with van der Waals surface area (Å²) in [5.41, 5.74) is -0.852. The van der Waals surface area contributed by atoms with E-state index in [1.807, 2.05) is 6.92 Å². The van der Waals surface area contributed by atoms with E-state index in [-0.39, 0.29) is 22.6 Å². The summed E-state index contributed by atoms with van der Waals surface area (Å²) in [5, 5.41) is 14.2. The number of amides is 3. The van der Waals surface area contributed by atoms with Gasteiger partial charge in [-0.15, -0.1) is 0 Å². The Kier molecular flexibility index (Phi) is 5.41. The van der Waals surface area contributed by atoms with Crippen LogP contribution >= 0.6 is 0 Å². The van der Waals surface area contributed by atoms with E-state index in [4.69, 9.17) is 4.74 Å². The number of nitro benzene ring substituents is 1. The second-order valence-corrected chi connectivity index (χ2v) is 10.4. The normalized spacial score (nSPS) is 29.7. The molecule has 4 bridgehead atoms. The highest BCUT2D eigenvalue weighted by Gasteiger charge is 2.53. The molecule has 1 atom stereocenters. The zero-order chi connectivity index (χ0) is 24.2. The summed E-state index contributed by atoms with van der Waals surface area (Å²) in [7, 11) is 0. The number of carbonyl (C=O) groups excluding carboxylic acids is 4. The van der Waals surface area contributed by atoms with E-state index in [0.717, 1.165) is 43.1 Å². The third-order valence-corrected chi connectivity index (χ3v) is 8.21. The first-order chi connectivity index (χ1) is 16.2. The molecule has 3 amide bonds. The maximum absolute atomic E-state index is 12.6. The second kappa shape index (κ2) is 8.18. The van der Waals surface area contributed by atoms with Gasteiger partial charge in [-0.1, -0.05) is 6.07 Å². The number of ether oxygens (including phenoxy) is 1. The number of rotatable bonds is 7. The number of hydrogen-bond acceptors (Lipinski definition) is 7. The van der Waals surface area contributed by atoms with Crippen LogP contribution in [0.4, 0.5) is 5.69 Å². The molecule has 1 aliphatic heterocycles. The summed E-state index contributed by atoms with van der Waals surface area (Å²) >= 11 is 0. The summed E-state index contributed by atoms with van der Waals surface area (Å²) in [6, 6.07) is 3.71. The van der Waals surface area contributed by atoms with E-state index in [1.165, 1.54) is 31.4 Å². The summed E-state index contributed by atoms with van der Waals surface area (Å²) in [5.74, 6) is -0.842. The Labute approximate surface area is 196 Å². The molecule has 1 heterocycles. The average Bonchev–Trinajstić information content (AvgIpc) is 3.01. The SMILES string of the molecule is C[C@@H](NC(=O)COC(=O)CN1C(=O)c2cccc([N+](=O)[O-])c2C1=O)C12CC3CC(CC(C3)C1)C2. The van der Waals surface area contributed by atoms with Crippen molar-refractivity contribution in [3.05, 3.63) is 39.4 Å². The van der Waals surface area contributed by atoms with Crippen LogP contribution in [-0.4, -0.2) is 52.7 Å². The van der Waals surface area contributed by atoms with Crippen molar-refractivity contribution in [3.63, 3.8) is 0 Å². The number of benzene rings is 1. The topological polar surface area (TPSA) is 136 Å². The Hall–Kier alpha value is -3.30. The van der Waals surface area contributed by atoms with E-state index in [1.54, 1.807) is 0 Å². The molecule has 1 aromatic rings. The lowest BCUT2D eigenvalue weighted by molar-refractivity contribution is -0.385. The zero-order valence-corrected chi connectivity index (χ0v) is 19.0. The van der Waals surface area contributed by atoms with Gasteiger partial charge >= 0.3 is 5.97 Å². The Morgan fingerprint density at radius 3 is 2.35 bits per heavy atom. The third kappa shape index (κ3) is 3.74. The van der Waals surface area contributed by atoms with Crippen molar-refractivity contribution < 1.29 is 28.8 Å². The molecule has 4 saturated carbocycles. The predicted octanol–water partition coefficient (Wildman–Crippen LogP) is 2.46. The van der Waals surface area contributed by atoms with E-state index < -0.39 is 47.5 Å². The quantitative estimate of drug-likeness (QED) is 0.280. The van der Waals surface area contributed by atoms with Gasteiger partial charge in [0.1, 0.15) is 12.1 Å². The number of esters is 1. The molecule has 6 rings (SSSR count). The van der Waals surface area contributed by atoms with Crippen molar-refractivity contribution in [1.29, 1.82) is 0 Å².